The van der Waals surface area contributed by atoms with Crippen LogP contribution in [0.25, 0.3) is 0 Å². The van der Waals surface area contributed by atoms with Crippen LogP contribution in [-0.4, -0.2) is 58.4 Å². The summed E-state index contributed by atoms with van der Waals surface area (Å²) in [6.07, 6.45) is -0.00649. The maximum Gasteiger partial charge on any atom is 0.306 e. The Labute approximate surface area is 146 Å². The SMILES string of the molecule is COC(=O)CCSC(c1ccccc1OC)C(O)COS(C)(=O)=O. The van der Waals surface area contributed by atoms with Gasteiger partial charge in [0, 0.05) is 11.3 Å². The number of hydrogen-bond acceptors (Lipinski definition) is 8. The van der Waals surface area contributed by atoms with Gasteiger partial charge in [0.2, 0.25) is 0 Å². The van der Waals surface area contributed by atoms with Gasteiger partial charge in [-0.05, 0) is 6.07 Å². The Hall–Kier alpha value is -1.29. The van der Waals surface area contributed by atoms with Gasteiger partial charge in [0.15, 0.2) is 0 Å². The maximum absolute atomic E-state index is 11.3. The number of esters is 1. The highest BCUT2D eigenvalue weighted by Crippen LogP contribution is 2.38. The lowest BCUT2D eigenvalue weighted by molar-refractivity contribution is -0.140. The first kappa shape index (κ1) is 20.8. The molecule has 0 spiro atoms. The van der Waals surface area contributed by atoms with E-state index in [0.717, 1.165) is 6.26 Å². The third-order valence-electron chi connectivity index (χ3n) is 3.08. The van der Waals surface area contributed by atoms with Gasteiger partial charge in [-0.25, -0.2) is 0 Å². The third-order valence-corrected chi connectivity index (χ3v) is 5.01. The molecule has 0 aromatic heterocycles. The Morgan fingerprint density at radius 3 is 2.54 bits per heavy atom. The van der Waals surface area contributed by atoms with Crippen LogP contribution in [0, 0.1) is 0 Å². The van der Waals surface area contributed by atoms with Crippen LogP contribution in [0.4, 0.5) is 0 Å². The fourth-order valence-electron chi connectivity index (χ4n) is 1.96. The molecule has 24 heavy (non-hydrogen) atoms. The van der Waals surface area contributed by atoms with Crippen LogP contribution < -0.4 is 4.74 Å². The quantitative estimate of drug-likeness (QED) is 0.481. The van der Waals surface area contributed by atoms with E-state index in [9.17, 15) is 18.3 Å². The number of ether oxygens (including phenoxy) is 2. The van der Waals surface area contributed by atoms with Crippen LogP contribution in [0.3, 0.4) is 0 Å². The van der Waals surface area contributed by atoms with Gasteiger partial charge in [-0.15, -0.1) is 0 Å². The normalized spacial score (nSPS) is 14.0. The predicted octanol–water partition coefficient (Wildman–Crippen LogP) is 1.37. The summed E-state index contributed by atoms with van der Waals surface area (Å²) in [7, 11) is -0.850. The van der Waals surface area contributed by atoms with Crippen molar-refractivity contribution in [3.63, 3.8) is 0 Å². The van der Waals surface area contributed by atoms with E-state index in [4.69, 9.17) is 8.92 Å². The molecule has 0 heterocycles. The summed E-state index contributed by atoms with van der Waals surface area (Å²) in [5.41, 5.74) is 0.694. The second-order valence-corrected chi connectivity index (χ2v) is 7.81. The van der Waals surface area contributed by atoms with Crippen molar-refractivity contribution in [3.05, 3.63) is 29.8 Å². The molecule has 136 valence electrons. The Morgan fingerprint density at radius 1 is 1.29 bits per heavy atom. The van der Waals surface area contributed by atoms with Crippen molar-refractivity contribution in [2.24, 2.45) is 0 Å². The molecule has 9 heteroatoms. The molecule has 1 N–H and O–H groups in total. The second-order valence-electron chi connectivity index (χ2n) is 4.92. The standard InChI is InChI=1S/C15H22O7S2/c1-20-13-7-5-4-6-11(13)15(23-9-8-14(17)21-2)12(16)10-22-24(3,18)19/h4-7,12,15-16H,8-10H2,1-3H3. The average molecular weight is 378 g/mol. The molecule has 7 nitrogen and oxygen atoms in total. The highest BCUT2D eigenvalue weighted by Gasteiger charge is 2.26. The van der Waals surface area contributed by atoms with Gasteiger partial charge in [0.25, 0.3) is 10.1 Å². The van der Waals surface area contributed by atoms with E-state index in [0.29, 0.717) is 17.1 Å². The van der Waals surface area contributed by atoms with E-state index in [1.165, 1.54) is 26.0 Å². The Kier molecular flexibility index (Phi) is 8.54. The highest BCUT2D eigenvalue weighted by molar-refractivity contribution is 7.99. The average Bonchev–Trinajstić information content (AvgIpc) is 2.55. The van der Waals surface area contributed by atoms with Crippen LogP contribution >= 0.6 is 11.8 Å². The van der Waals surface area contributed by atoms with E-state index >= 15 is 0 Å². The van der Waals surface area contributed by atoms with Crippen LogP contribution in [0.5, 0.6) is 5.75 Å². The number of methoxy groups -OCH3 is 2. The van der Waals surface area contributed by atoms with E-state index in [1.54, 1.807) is 24.3 Å². The van der Waals surface area contributed by atoms with E-state index < -0.39 is 21.5 Å². The molecule has 1 rings (SSSR count). The second kappa shape index (κ2) is 9.87. The van der Waals surface area contributed by atoms with Crippen molar-refractivity contribution in [1.82, 2.24) is 0 Å². The predicted molar refractivity (Wildman–Crippen MR) is 91.6 cm³/mol. The van der Waals surface area contributed by atoms with Crippen molar-refractivity contribution in [2.75, 3.05) is 32.8 Å². The van der Waals surface area contributed by atoms with E-state index in [-0.39, 0.29) is 19.0 Å². The van der Waals surface area contributed by atoms with Crippen molar-refractivity contribution < 1.29 is 32.0 Å². The molecule has 0 saturated carbocycles. The number of carbonyl (C=O) groups is 1. The minimum Gasteiger partial charge on any atom is -0.496 e. The molecule has 1 aromatic rings. The van der Waals surface area contributed by atoms with Crippen molar-refractivity contribution in [3.8, 4) is 5.75 Å². The Balaban J connectivity index is 2.91. The number of rotatable bonds is 10. The van der Waals surface area contributed by atoms with Gasteiger partial charge in [-0.3, -0.25) is 8.98 Å². The fourth-order valence-corrected chi connectivity index (χ4v) is 3.56. The molecule has 2 unspecified atom stereocenters. The number of carbonyl (C=O) groups excluding carboxylic acids is 1. The molecular formula is C15H22O7S2. The van der Waals surface area contributed by atoms with E-state index in [2.05, 4.69) is 4.74 Å². The maximum atomic E-state index is 11.3. The van der Waals surface area contributed by atoms with Gasteiger partial charge < -0.3 is 14.6 Å². The highest BCUT2D eigenvalue weighted by atomic mass is 32.2. The number of thioether (sulfide) groups is 1. The molecule has 0 radical (unpaired) electrons. The molecule has 2 atom stereocenters. The summed E-state index contributed by atoms with van der Waals surface area (Å²) >= 11 is 1.30. The summed E-state index contributed by atoms with van der Waals surface area (Å²) < 4.78 is 36.8. The zero-order valence-electron chi connectivity index (χ0n) is 13.8. The third kappa shape index (κ3) is 7.08. The number of aliphatic hydroxyl groups excluding tert-OH is 1. The van der Waals surface area contributed by atoms with Crippen molar-refractivity contribution >= 4 is 27.8 Å². The van der Waals surface area contributed by atoms with Crippen LogP contribution in [0.1, 0.15) is 17.2 Å². The lowest BCUT2D eigenvalue weighted by atomic mass is 10.1. The monoisotopic (exact) mass is 378 g/mol. The van der Waals surface area contributed by atoms with Gasteiger partial charge in [-0.1, -0.05) is 18.2 Å². The minimum absolute atomic E-state index is 0.173. The van der Waals surface area contributed by atoms with Gasteiger partial charge in [0.1, 0.15) is 5.75 Å². The van der Waals surface area contributed by atoms with E-state index in [1.807, 2.05) is 0 Å². The molecular weight excluding hydrogens is 356 g/mol. The molecule has 0 fully saturated rings. The smallest absolute Gasteiger partial charge is 0.306 e. The first-order valence-electron chi connectivity index (χ1n) is 7.12. The summed E-state index contributed by atoms with van der Waals surface area (Å²) in [5.74, 6) is 0.598. The van der Waals surface area contributed by atoms with Gasteiger partial charge in [0.05, 0.1) is 44.9 Å². The summed E-state index contributed by atoms with van der Waals surface area (Å²) in [6.45, 7) is -0.382. The number of aliphatic hydroxyl groups is 1. The van der Waals surface area contributed by atoms with Crippen LogP contribution in [0.2, 0.25) is 0 Å². The van der Waals surface area contributed by atoms with Crippen LogP contribution in [0.15, 0.2) is 24.3 Å². The molecule has 0 aliphatic carbocycles. The van der Waals surface area contributed by atoms with Crippen molar-refractivity contribution in [2.45, 2.75) is 17.8 Å². The molecule has 0 aliphatic rings. The Bertz CT molecular complexity index is 630. The zero-order valence-corrected chi connectivity index (χ0v) is 15.4. The largest absolute Gasteiger partial charge is 0.496 e. The first-order valence-corrected chi connectivity index (χ1v) is 9.98. The molecule has 1 aromatic carbocycles. The first-order chi connectivity index (χ1) is 11.3. The summed E-state index contributed by atoms with van der Waals surface area (Å²) in [6, 6.07) is 7.10. The number of para-hydroxylation sites is 1. The van der Waals surface area contributed by atoms with Crippen LogP contribution in [-0.2, 0) is 23.8 Å². The summed E-state index contributed by atoms with van der Waals surface area (Å²) in [5, 5.41) is 9.87. The fraction of sp³-hybridized carbons (Fsp3) is 0.533. The number of benzene rings is 1. The number of hydrogen-bond donors (Lipinski definition) is 1. The Morgan fingerprint density at radius 2 is 1.96 bits per heavy atom. The summed E-state index contributed by atoms with van der Waals surface area (Å²) in [4.78, 5) is 11.3. The van der Waals surface area contributed by atoms with Gasteiger partial charge in [-0.2, -0.15) is 20.2 Å². The topological polar surface area (TPSA) is 99.1 Å². The lowest BCUT2D eigenvalue weighted by Gasteiger charge is -2.24. The molecule has 0 amide bonds. The molecule has 0 saturated heterocycles. The van der Waals surface area contributed by atoms with Gasteiger partial charge >= 0.3 is 5.97 Å². The zero-order chi connectivity index (χ0) is 18.2. The molecule has 0 bridgehead atoms. The van der Waals surface area contributed by atoms with Crippen molar-refractivity contribution in [1.29, 1.82) is 0 Å². The minimum atomic E-state index is -3.66. The lowest BCUT2D eigenvalue weighted by Crippen LogP contribution is -2.25. The molecule has 0 aliphatic heterocycles.